The third-order valence-corrected chi connectivity index (χ3v) is 4.64. The van der Waals surface area contributed by atoms with E-state index in [9.17, 15) is 9.50 Å². The van der Waals surface area contributed by atoms with Gasteiger partial charge in [-0.25, -0.2) is 4.39 Å². The molecular weight excluding hydrogens is 349 g/mol. The van der Waals surface area contributed by atoms with Crippen LogP contribution in [0.25, 0.3) is 0 Å². The van der Waals surface area contributed by atoms with E-state index in [1.807, 2.05) is 24.3 Å². The molecule has 27 heavy (non-hydrogen) atoms. The highest BCUT2D eigenvalue weighted by Crippen LogP contribution is 2.28. The van der Waals surface area contributed by atoms with E-state index in [-0.39, 0.29) is 12.4 Å². The summed E-state index contributed by atoms with van der Waals surface area (Å²) in [5.41, 5.74) is 0.0892. The average molecular weight is 375 g/mol. The lowest BCUT2D eigenvalue weighted by Gasteiger charge is -2.25. The van der Waals surface area contributed by atoms with Crippen LogP contribution < -0.4 is 9.47 Å². The van der Waals surface area contributed by atoms with Crippen LogP contribution in [0.15, 0.2) is 48.5 Å². The third kappa shape index (κ3) is 5.42. The summed E-state index contributed by atoms with van der Waals surface area (Å²) in [6.45, 7) is 4.06. The maximum absolute atomic E-state index is 13.4. The van der Waals surface area contributed by atoms with Crippen molar-refractivity contribution in [1.29, 1.82) is 0 Å². The van der Waals surface area contributed by atoms with E-state index >= 15 is 0 Å². The van der Waals surface area contributed by atoms with Gasteiger partial charge >= 0.3 is 0 Å². The fourth-order valence-electron chi connectivity index (χ4n) is 3.24. The van der Waals surface area contributed by atoms with E-state index < -0.39 is 11.7 Å². The van der Waals surface area contributed by atoms with Crippen molar-refractivity contribution in [2.45, 2.75) is 31.6 Å². The summed E-state index contributed by atoms with van der Waals surface area (Å²) < 4.78 is 24.7. The number of benzene rings is 2. The van der Waals surface area contributed by atoms with Gasteiger partial charge in [0.2, 0.25) is 0 Å². The minimum atomic E-state index is -1.01. The molecule has 0 radical (unpaired) electrons. The molecule has 0 aromatic heterocycles. The van der Waals surface area contributed by atoms with Gasteiger partial charge in [-0.1, -0.05) is 18.2 Å². The molecule has 2 aromatic rings. The number of halogens is 1. The van der Waals surface area contributed by atoms with E-state index in [4.69, 9.17) is 14.6 Å². The van der Waals surface area contributed by atoms with Crippen molar-refractivity contribution in [3.05, 3.63) is 59.9 Å². The van der Waals surface area contributed by atoms with Gasteiger partial charge in [-0.2, -0.15) is 0 Å². The second-order valence-corrected chi connectivity index (χ2v) is 7.16. The van der Waals surface area contributed by atoms with Gasteiger partial charge in [-0.05, 0) is 36.8 Å². The van der Waals surface area contributed by atoms with Crippen LogP contribution >= 0.6 is 0 Å². The number of nitrogens with zero attached hydrogens (tertiary/aromatic N) is 1. The first kappa shape index (κ1) is 19.6. The molecule has 6 heteroatoms. The molecule has 1 heterocycles. The molecule has 2 N–H and O–H groups in total. The minimum absolute atomic E-state index is 0.117. The van der Waals surface area contributed by atoms with Gasteiger partial charge in [0.15, 0.2) is 0 Å². The van der Waals surface area contributed by atoms with Crippen molar-refractivity contribution in [3.8, 4) is 11.5 Å². The van der Waals surface area contributed by atoms with E-state index in [2.05, 4.69) is 4.90 Å². The lowest BCUT2D eigenvalue weighted by Crippen LogP contribution is -2.41. The van der Waals surface area contributed by atoms with Gasteiger partial charge in [-0.3, -0.25) is 4.90 Å². The first-order chi connectivity index (χ1) is 13.0. The average Bonchev–Trinajstić information content (AvgIpc) is 2.90. The second kappa shape index (κ2) is 8.69. The Balaban J connectivity index is 1.57. The fourth-order valence-corrected chi connectivity index (χ4v) is 3.24. The predicted molar refractivity (Wildman–Crippen MR) is 100 cm³/mol. The quantitative estimate of drug-likeness (QED) is 0.695. The van der Waals surface area contributed by atoms with Crippen molar-refractivity contribution >= 4 is 0 Å². The van der Waals surface area contributed by atoms with Gasteiger partial charge in [-0.15, -0.1) is 0 Å². The molecule has 3 rings (SSSR count). The summed E-state index contributed by atoms with van der Waals surface area (Å²) in [4.78, 5) is 2.12. The summed E-state index contributed by atoms with van der Waals surface area (Å²) in [5, 5.41) is 19.5. The van der Waals surface area contributed by atoms with Gasteiger partial charge < -0.3 is 19.7 Å². The van der Waals surface area contributed by atoms with Crippen LogP contribution in [0.1, 0.15) is 18.9 Å². The van der Waals surface area contributed by atoms with Crippen LogP contribution in [0.2, 0.25) is 0 Å². The summed E-state index contributed by atoms with van der Waals surface area (Å²) in [6.07, 6.45) is 0.178. The van der Waals surface area contributed by atoms with Crippen molar-refractivity contribution in [2.75, 3.05) is 26.3 Å². The molecule has 0 aliphatic carbocycles. The smallest absolute Gasteiger partial charge is 0.141 e. The van der Waals surface area contributed by atoms with Gasteiger partial charge in [0.05, 0.1) is 6.61 Å². The van der Waals surface area contributed by atoms with E-state index in [1.165, 1.54) is 12.1 Å². The molecule has 0 amide bonds. The maximum Gasteiger partial charge on any atom is 0.141 e. The number of hydrogen-bond acceptors (Lipinski definition) is 5. The Morgan fingerprint density at radius 3 is 2.67 bits per heavy atom. The number of ether oxygens (including phenoxy) is 2. The highest BCUT2D eigenvalue weighted by atomic mass is 19.1. The van der Waals surface area contributed by atoms with Crippen molar-refractivity contribution < 1.29 is 24.1 Å². The molecule has 1 aliphatic rings. The Hall–Kier alpha value is -2.15. The molecule has 146 valence electrons. The minimum Gasteiger partial charge on any atom is -0.494 e. The molecule has 1 fully saturated rings. The van der Waals surface area contributed by atoms with Crippen LogP contribution in [0.5, 0.6) is 11.5 Å². The Labute approximate surface area is 159 Å². The topological polar surface area (TPSA) is 62.2 Å². The van der Waals surface area contributed by atoms with E-state index in [0.717, 1.165) is 11.3 Å². The second-order valence-electron chi connectivity index (χ2n) is 7.16. The fraction of sp³-hybridized carbons (Fsp3) is 0.429. The number of likely N-dealkylation sites (tertiary alicyclic amines) is 1. The summed E-state index contributed by atoms with van der Waals surface area (Å²) in [7, 11) is 0. The van der Waals surface area contributed by atoms with Crippen LogP contribution in [0, 0.1) is 5.82 Å². The van der Waals surface area contributed by atoms with Crippen LogP contribution in [0.3, 0.4) is 0 Å². The van der Waals surface area contributed by atoms with Crippen molar-refractivity contribution in [3.63, 3.8) is 0 Å². The number of rotatable bonds is 8. The zero-order chi connectivity index (χ0) is 19.3. The molecule has 2 aromatic carbocycles. The van der Waals surface area contributed by atoms with Gasteiger partial charge in [0.1, 0.15) is 29.0 Å². The molecule has 0 bridgehead atoms. The third-order valence-electron chi connectivity index (χ3n) is 4.64. The number of β-amino-alcohol motifs (C(OH)–C–C–N with tert-alkyl or cyclic N) is 1. The molecule has 1 saturated heterocycles. The number of aliphatic hydroxyl groups is 2. The highest BCUT2D eigenvalue weighted by molar-refractivity contribution is 5.27. The SMILES string of the molecule is C[C@@]1(O)CN(Cc2ccc(OCCCO)cc2)C[C@H]1Oc1cccc(F)c1. The first-order valence-electron chi connectivity index (χ1n) is 9.16. The lowest BCUT2D eigenvalue weighted by molar-refractivity contribution is -0.0131. The molecule has 5 nitrogen and oxygen atoms in total. The summed E-state index contributed by atoms with van der Waals surface area (Å²) in [5.74, 6) is 0.836. The Bertz CT molecular complexity index is 735. The monoisotopic (exact) mass is 375 g/mol. The van der Waals surface area contributed by atoms with Crippen LogP contribution in [-0.4, -0.2) is 53.1 Å². The van der Waals surface area contributed by atoms with E-state index in [1.54, 1.807) is 19.1 Å². The molecule has 0 unspecified atom stereocenters. The largest absolute Gasteiger partial charge is 0.494 e. The summed E-state index contributed by atoms with van der Waals surface area (Å²) >= 11 is 0. The van der Waals surface area contributed by atoms with Crippen LogP contribution in [-0.2, 0) is 6.54 Å². The Kier molecular flexibility index (Phi) is 6.31. The molecule has 1 aliphatic heterocycles. The number of aliphatic hydroxyl groups excluding tert-OH is 1. The van der Waals surface area contributed by atoms with Crippen LogP contribution in [0.4, 0.5) is 4.39 Å². The van der Waals surface area contributed by atoms with Gasteiger partial charge in [0.25, 0.3) is 0 Å². The first-order valence-corrected chi connectivity index (χ1v) is 9.16. The molecule has 0 saturated carbocycles. The molecule has 0 spiro atoms. The Morgan fingerprint density at radius 1 is 1.19 bits per heavy atom. The van der Waals surface area contributed by atoms with Crippen molar-refractivity contribution in [1.82, 2.24) is 4.90 Å². The zero-order valence-electron chi connectivity index (χ0n) is 15.5. The lowest BCUT2D eigenvalue weighted by atomic mass is 10.0. The van der Waals surface area contributed by atoms with Crippen molar-refractivity contribution in [2.24, 2.45) is 0 Å². The van der Waals surface area contributed by atoms with E-state index in [0.29, 0.717) is 38.4 Å². The number of hydrogen-bond donors (Lipinski definition) is 2. The zero-order valence-corrected chi connectivity index (χ0v) is 15.5. The standard InChI is InChI=1S/C21H26FNO4/c1-21(25)15-23(14-20(21)27-19-5-2-4-17(22)12-19)13-16-6-8-18(9-7-16)26-11-3-10-24/h2,4-9,12,20,24-25H,3,10-11,13-15H2,1H3/t20-,21-/m1/s1. The summed E-state index contributed by atoms with van der Waals surface area (Å²) in [6, 6.07) is 13.8. The molecule has 2 atom stereocenters. The molecular formula is C21H26FNO4. The van der Waals surface area contributed by atoms with Gasteiger partial charge in [0, 0.05) is 38.7 Å². The maximum atomic E-state index is 13.4. The highest BCUT2D eigenvalue weighted by Gasteiger charge is 2.43. The predicted octanol–water partition coefficient (Wildman–Crippen LogP) is 2.60. The normalized spacial score (nSPS) is 22.7. The Morgan fingerprint density at radius 2 is 1.96 bits per heavy atom.